The third kappa shape index (κ3) is 4.37. The van der Waals surface area contributed by atoms with Crippen molar-refractivity contribution in [2.45, 2.75) is 6.16 Å². The minimum atomic E-state index is -3.21. The van der Waals surface area contributed by atoms with Crippen molar-refractivity contribution in [2.24, 2.45) is 0 Å². The number of hydrogen-bond acceptors (Lipinski definition) is 0. The Morgan fingerprint density at radius 1 is 0.543 bits per heavy atom. The van der Waals surface area contributed by atoms with Crippen molar-refractivity contribution in [3.8, 4) is 11.1 Å². The topological polar surface area (TPSA) is 0 Å². The Hall–Kier alpha value is -2.41. The summed E-state index contributed by atoms with van der Waals surface area (Å²) in [5, 5.41) is 1.71. The molecule has 0 amide bonds. The van der Waals surface area contributed by atoms with Crippen LogP contribution in [0.3, 0.4) is 0 Å². The van der Waals surface area contributed by atoms with Crippen molar-refractivity contribution < 1.29 is 0 Å². The molecule has 0 radical (unpaired) electrons. The van der Waals surface area contributed by atoms with Crippen molar-refractivity contribution in [3.63, 3.8) is 0 Å². The molecule has 0 aliphatic rings. The standard InChI is InChI=1S/C31H24BrCl2P/c32-35(26-14-6-2-7-15-26,27-16-8-3-9-17-27,23-24-12-4-1-5-13-24)31-19-11-10-18-28(31)25-20-21-29(33)30(34)22-25/h1-22H,23H2. The zero-order valence-corrected chi connectivity index (χ0v) is 23.0. The summed E-state index contributed by atoms with van der Waals surface area (Å²) in [5.41, 5.74) is 3.46. The molecular weight excluding hydrogens is 554 g/mol. The van der Waals surface area contributed by atoms with Crippen LogP contribution in [0.1, 0.15) is 5.56 Å². The van der Waals surface area contributed by atoms with E-state index in [0.717, 1.165) is 17.3 Å². The summed E-state index contributed by atoms with van der Waals surface area (Å²) in [6, 6.07) is 47.0. The van der Waals surface area contributed by atoms with Gasteiger partial charge in [0.1, 0.15) is 0 Å². The summed E-state index contributed by atoms with van der Waals surface area (Å²) in [6.07, 6.45) is 0.832. The van der Waals surface area contributed by atoms with Crippen molar-refractivity contribution in [2.75, 3.05) is 0 Å². The summed E-state index contributed by atoms with van der Waals surface area (Å²) in [4.78, 5) is 0. The van der Waals surface area contributed by atoms with Gasteiger partial charge in [0.25, 0.3) is 0 Å². The van der Waals surface area contributed by atoms with Gasteiger partial charge >= 0.3 is 226 Å². The fourth-order valence-electron chi connectivity index (χ4n) is 4.89. The van der Waals surface area contributed by atoms with Crippen LogP contribution in [0.15, 0.2) is 133 Å². The second kappa shape index (κ2) is 9.92. The number of rotatable bonds is 6. The first-order chi connectivity index (χ1) is 17.0. The van der Waals surface area contributed by atoms with E-state index in [-0.39, 0.29) is 0 Å². The van der Waals surface area contributed by atoms with Gasteiger partial charge in [0.15, 0.2) is 0 Å². The molecule has 0 saturated heterocycles. The third-order valence-electron chi connectivity index (χ3n) is 6.55. The van der Waals surface area contributed by atoms with Crippen LogP contribution in [0, 0.1) is 0 Å². The quantitative estimate of drug-likeness (QED) is 0.177. The molecule has 0 spiro atoms. The molecule has 0 unspecified atom stereocenters. The molecule has 174 valence electrons. The fourth-order valence-corrected chi connectivity index (χ4v) is 13.4. The average Bonchev–Trinajstić information content (AvgIpc) is 2.92. The molecule has 0 atom stereocenters. The maximum absolute atomic E-state index is 6.50. The van der Waals surface area contributed by atoms with E-state index in [4.69, 9.17) is 23.2 Å². The molecule has 0 bridgehead atoms. The zero-order valence-electron chi connectivity index (χ0n) is 19.0. The second-order valence-corrected chi connectivity index (χ2v) is 18.4. The van der Waals surface area contributed by atoms with Gasteiger partial charge in [-0.1, -0.05) is 0 Å². The fraction of sp³-hybridized carbons (Fsp3) is 0.0323. The normalized spacial score (nSPS) is 12.6. The van der Waals surface area contributed by atoms with Gasteiger partial charge in [-0.25, -0.2) is 0 Å². The molecule has 0 fully saturated rings. The summed E-state index contributed by atoms with van der Waals surface area (Å²) >= 11 is 17.4. The van der Waals surface area contributed by atoms with Crippen LogP contribution in [-0.2, 0) is 6.16 Å². The van der Waals surface area contributed by atoms with Crippen LogP contribution < -0.4 is 15.9 Å². The van der Waals surface area contributed by atoms with Crippen LogP contribution in [-0.4, -0.2) is 0 Å². The van der Waals surface area contributed by atoms with E-state index in [1.807, 2.05) is 12.1 Å². The van der Waals surface area contributed by atoms with Crippen LogP contribution in [0.2, 0.25) is 10.0 Å². The van der Waals surface area contributed by atoms with Crippen molar-refractivity contribution >= 4 is 59.9 Å². The Labute approximate surface area is 225 Å². The Bertz CT molecular complexity index is 1410. The summed E-state index contributed by atoms with van der Waals surface area (Å²) < 4.78 is 0. The van der Waals surface area contributed by atoms with E-state index < -0.39 is 5.31 Å². The molecule has 0 saturated carbocycles. The summed E-state index contributed by atoms with van der Waals surface area (Å²) in [5.74, 6) is 0. The van der Waals surface area contributed by atoms with Crippen LogP contribution in [0.25, 0.3) is 11.1 Å². The van der Waals surface area contributed by atoms with E-state index in [9.17, 15) is 0 Å². The zero-order chi connectivity index (χ0) is 24.3. The van der Waals surface area contributed by atoms with Gasteiger partial charge in [0.2, 0.25) is 0 Å². The van der Waals surface area contributed by atoms with E-state index in [1.165, 1.54) is 21.5 Å². The van der Waals surface area contributed by atoms with Crippen LogP contribution in [0.5, 0.6) is 0 Å². The van der Waals surface area contributed by atoms with Crippen molar-refractivity contribution in [1.29, 1.82) is 0 Å². The molecule has 5 aromatic rings. The Kier molecular flexibility index (Phi) is 6.88. The number of halogens is 3. The molecule has 4 heteroatoms. The molecule has 5 rings (SSSR count). The third-order valence-corrected chi connectivity index (χ3v) is 16.7. The van der Waals surface area contributed by atoms with E-state index in [2.05, 4.69) is 137 Å². The molecule has 5 aromatic carbocycles. The first-order valence-electron chi connectivity index (χ1n) is 11.4. The average molecular weight is 578 g/mol. The predicted octanol–water partition coefficient (Wildman–Crippen LogP) is 9.00. The van der Waals surface area contributed by atoms with E-state index >= 15 is 0 Å². The Morgan fingerprint density at radius 3 is 1.63 bits per heavy atom. The molecule has 35 heavy (non-hydrogen) atoms. The first kappa shape index (κ1) is 24.3. The maximum atomic E-state index is 6.50. The molecule has 0 aromatic heterocycles. The van der Waals surface area contributed by atoms with Gasteiger partial charge in [0, 0.05) is 0 Å². The Balaban J connectivity index is 1.92. The first-order valence-corrected chi connectivity index (χ1v) is 16.6. The van der Waals surface area contributed by atoms with Gasteiger partial charge in [-0.15, -0.1) is 0 Å². The minimum absolute atomic E-state index is 0.552. The molecule has 0 N–H and O–H groups in total. The van der Waals surface area contributed by atoms with Crippen LogP contribution in [0.4, 0.5) is 0 Å². The SMILES string of the molecule is Clc1ccc(-c2ccccc2P(Br)(Cc2ccccc2)(c2ccccc2)c2ccccc2)cc1Cl. The number of hydrogen-bond donors (Lipinski definition) is 0. The van der Waals surface area contributed by atoms with E-state index in [1.54, 1.807) is 0 Å². The van der Waals surface area contributed by atoms with Crippen molar-refractivity contribution in [3.05, 3.63) is 149 Å². The van der Waals surface area contributed by atoms with Gasteiger partial charge in [0.05, 0.1) is 0 Å². The van der Waals surface area contributed by atoms with Gasteiger partial charge in [-0.2, -0.15) is 0 Å². The van der Waals surface area contributed by atoms with Gasteiger partial charge in [-0.3, -0.25) is 0 Å². The molecular formula is C31H24BrCl2P. The second-order valence-electron chi connectivity index (χ2n) is 8.64. The molecule has 0 aliphatic carbocycles. The van der Waals surface area contributed by atoms with Gasteiger partial charge in [-0.05, 0) is 0 Å². The molecule has 0 heterocycles. The van der Waals surface area contributed by atoms with Gasteiger partial charge < -0.3 is 0 Å². The molecule has 0 aliphatic heterocycles. The van der Waals surface area contributed by atoms with Crippen LogP contribution >= 0.6 is 44.0 Å². The van der Waals surface area contributed by atoms with Crippen molar-refractivity contribution in [1.82, 2.24) is 0 Å². The summed E-state index contributed by atoms with van der Waals surface area (Å²) in [6.45, 7) is 0. The monoisotopic (exact) mass is 576 g/mol. The number of benzene rings is 5. The molecule has 0 nitrogen and oxygen atoms in total. The summed E-state index contributed by atoms with van der Waals surface area (Å²) in [7, 11) is 0. The Morgan fingerprint density at radius 2 is 1.06 bits per heavy atom. The predicted molar refractivity (Wildman–Crippen MR) is 160 cm³/mol. The van der Waals surface area contributed by atoms with E-state index in [0.29, 0.717) is 10.0 Å².